The number of aryl methyl sites for hydroxylation is 1. The minimum absolute atomic E-state index is 0.0598. The molecule has 0 radical (unpaired) electrons. The third-order valence-corrected chi connectivity index (χ3v) is 4.26. The Labute approximate surface area is 140 Å². The van der Waals surface area contributed by atoms with E-state index in [1.807, 2.05) is 0 Å². The number of hydrogen-bond donors (Lipinski definition) is 2. The Bertz CT molecular complexity index is 846. The van der Waals surface area contributed by atoms with Gasteiger partial charge >= 0.3 is 5.69 Å². The molecule has 0 spiro atoms. The summed E-state index contributed by atoms with van der Waals surface area (Å²) in [6.07, 6.45) is 2.22. The van der Waals surface area contributed by atoms with E-state index in [9.17, 15) is 14.4 Å². The van der Waals surface area contributed by atoms with Crippen LogP contribution in [0.1, 0.15) is 39.4 Å². The highest BCUT2D eigenvalue weighted by Gasteiger charge is 2.21. The third kappa shape index (κ3) is 3.64. The molecule has 2 aromatic heterocycles. The summed E-state index contributed by atoms with van der Waals surface area (Å²) in [5.41, 5.74) is -0.393. The minimum Gasteiger partial charge on any atom is -0.329 e. The fraction of sp³-hybridized carbons (Fsp3) is 0.625. The van der Waals surface area contributed by atoms with Crippen molar-refractivity contribution in [3.63, 3.8) is 0 Å². The zero-order chi connectivity index (χ0) is 17.9. The molecule has 0 aliphatic heterocycles. The summed E-state index contributed by atoms with van der Waals surface area (Å²) in [7, 11) is 1.57. The van der Waals surface area contributed by atoms with Gasteiger partial charge in [0.15, 0.2) is 17.0 Å². The number of quaternary nitrogens is 1. The molecule has 0 saturated carbocycles. The Morgan fingerprint density at radius 1 is 1.29 bits per heavy atom. The van der Waals surface area contributed by atoms with Crippen LogP contribution >= 0.6 is 0 Å². The van der Waals surface area contributed by atoms with Crippen LogP contribution in [0.3, 0.4) is 0 Å². The molecule has 0 aromatic carbocycles. The maximum Gasteiger partial charge on any atom is 0.329 e. The first-order valence-corrected chi connectivity index (χ1v) is 8.40. The van der Waals surface area contributed by atoms with Crippen molar-refractivity contribution in [2.75, 3.05) is 13.1 Å². The molecule has 0 saturated heterocycles. The third-order valence-electron chi connectivity index (χ3n) is 4.26. The molecule has 24 heavy (non-hydrogen) atoms. The number of H-pyrrole nitrogens is 1. The van der Waals surface area contributed by atoms with Crippen LogP contribution in [0, 0.1) is 0 Å². The molecule has 1 unspecified atom stereocenters. The van der Waals surface area contributed by atoms with Crippen molar-refractivity contribution < 1.29 is 9.69 Å². The van der Waals surface area contributed by atoms with Gasteiger partial charge in [0.25, 0.3) is 5.56 Å². The number of nitrogens with zero attached hydrogens (tertiary/aromatic N) is 3. The number of nitrogens with one attached hydrogen (secondary N) is 2. The van der Waals surface area contributed by atoms with Gasteiger partial charge in [-0.15, -0.1) is 0 Å². The molecule has 2 aromatic rings. The Hall–Kier alpha value is -2.22. The number of rotatable bonds is 8. The van der Waals surface area contributed by atoms with Gasteiger partial charge in [0.05, 0.1) is 19.6 Å². The number of aromatic nitrogens is 4. The number of hydrogen-bond acceptors (Lipinski definition) is 4. The summed E-state index contributed by atoms with van der Waals surface area (Å²) in [6, 6.07) is 0. The lowest BCUT2D eigenvalue weighted by Gasteiger charge is -2.17. The van der Waals surface area contributed by atoms with E-state index in [0.29, 0.717) is 18.0 Å². The van der Waals surface area contributed by atoms with Crippen molar-refractivity contribution >= 4 is 16.9 Å². The van der Waals surface area contributed by atoms with Crippen molar-refractivity contribution in [1.82, 2.24) is 19.1 Å². The van der Waals surface area contributed by atoms with Gasteiger partial charge in [0.2, 0.25) is 0 Å². The Morgan fingerprint density at radius 2 is 2.00 bits per heavy atom. The number of aromatic amines is 1. The highest BCUT2D eigenvalue weighted by Crippen LogP contribution is 2.10. The maximum atomic E-state index is 12.2. The van der Waals surface area contributed by atoms with Crippen LogP contribution in [-0.2, 0) is 24.9 Å². The normalized spacial score (nSPS) is 12.7. The summed E-state index contributed by atoms with van der Waals surface area (Å²) >= 11 is 0. The zero-order valence-corrected chi connectivity index (χ0v) is 14.8. The number of ketones is 1. The SMILES string of the molecule is CCCC[NH+](CC)Cc1nc2c(c(=O)[nH]c(=O)n2C)n1CC(C)=O. The monoisotopic (exact) mass is 336 g/mol. The maximum absolute atomic E-state index is 12.2. The highest BCUT2D eigenvalue weighted by molar-refractivity contribution is 5.79. The van der Waals surface area contributed by atoms with E-state index in [0.717, 1.165) is 25.9 Å². The fourth-order valence-corrected chi connectivity index (χ4v) is 2.85. The summed E-state index contributed by atoms with van der Waals surface area (Å²) in [5, 5.41) is 0. The van der Waals surface area contributed by atoms with Gasteiger partial charge in [-0.3, -0.25) is 19.1 Å². The van der Waals surface area contributed by atoms with Crippen LogP contribution in [0.4, 0.5) is 0 Å². The average molecular weight is 336 g/mol. The van der Waals surface area contributed by atoms with Crippen LogP contribution in [0.25, 0.3) is 11.2 Å². The Kier molecular flexibility index (Phi) is 5.71. The summed E-state index contributed by atoms with van der Waals surface area (Å²) in [4.78, 5) is 43.8. The van der Waals surface area contributed by atoms with Crippen LogP contribution in [-0.4, -0.2) is 38.0 Å². The first-order chi connectivity index (χ1) is 11.4. The second kappa shape index (κ2) is 7.57. The number of carbonyl (C=O) groups excluding carboxylic acids is 1. The highest BCUT2D eigenvalue weighted by atomic mass is 16.2. The molecule has 132 valence electrons. The van der Waals surface area contributed by atoms with Crippen LogP contribution in [0.5, 0.6) is 0 Å². The molecular formula is C16H26N5O3+. The van der Waals surface area contributed by atoms with E-state index in [-0.39, 0.29) is 17.8 Å². The molecule has 2 rings (SSSR count). The lowest BCUT2D eigenvalue weighted by atomic mass is 10.3. The molecule has 2 heterocycles. The van der Waals surface area contributed by atoms with Crippen molar-refractivity contribution in [2.45, 2.75) is 46.7 Å². The molecule has 0 aliphatic rings. The van der Waals surface area contributed by atoms with Crippen molar-refractivity contribution in [3.8, 4) is 0 Å². The first kappa shape index (κ1) is 18.1. The quantitative estimate of drug-likeness (QED) is 0.661. The number of fused-ring (bicyclic) bond motifs is 1. The largest absolute Gasteiger partial charge is 0.329 e. The smallest absolute Gasteiger partial charge is 0.329 e. The summed E-state index contributed by atoms with van der Waals surface area (Å²) in [6.45, 7) is 8.36. The Balaban J connectivity index is 2.57. The molecule has 0 bridgehead atoms. The van der Waals surface area contributed by atoms with Gasteiger partial charge in [-0.05, 0) is 20.3 Å². The topological polar surface area (TPSA) is 94.2 Å². The first-order valence-electron chi connectivity index (χ1n) is 8.40. The van der Waals surface area contributed by atoms with E-state index < -0.39 is 11.2 Å². The standard InChI is InChI=1S/C16H25N5O3/c1-5-7-8-20(6-2)10-12-17-14-13(21(12)9-11(3)22)15(23)18-16(24)19(14)4/h5-10H2,1-4H3,(H,18,23,24)/p+1. The van der Waals surface area contributed by atoms with E-state index in [1.54, 1.807) is 11.6 Å². The van der Waals surface area contributed by atoms with Gasteiger partial charge in [-0.2, -0.15) is 0 Å². The molecule has 0 amide bonds. The van der Waals surface area contributed by atoms with Crippen LogP contribution in [0.2, 0.25) is 0 Å². The fourth-order valence-electron chi connectivity index (χ4n) is 2.85. The van der Waals surface area contributed by atoms with Gasteiger partial charge in [0, 0.05) is 7.05 Å². The van der Waals surface area contributed by atoms with Crippen LogP contribution in [0.15, 0.2) is 9.59 Å². The van der Waals surface area contributed by atoms with Gasteiger partial charge in [-0.1, -0.05) is 13.3 Å². The number of Topliss-reactive ketones (excluding diaryl/α,β-unsaturated/α-hetero) is 1. The van der Waals surface area contributed by atoms with Gasteiger partial charge in [0.1, 0.15) is 12.3 Å². The minimum atomic E-state index is -0.503. The molecule has 1 atom stereocenters. The molecule has 8 heteroatoms. The average Bonchev–Trinajstić information content (AvgIpc) is 2.87. The van der Waals surface area contributed by atoms with E-state index in [1.165, 1.54) is 16.4 Å². The van der Waals surface area contributed by atoms with Gasteiger partial charge < -0.3 is 9.47 Å². The molecule has 2 N–H and O–H groups in total. The molecule has 8 nitrogen and oxygen atoms in total. The van der Waals surface area contributed by atoms with Crippen LogP contribution < -0.4 is 16.1 Å². The van der Waals surface area contributed by atoms with E-state index in [4.69, 9.17) is 0 Å². The Morgan fingerprint density at radius 3 is 2.58 bits per heavy atom. The second-order valence-electron chi connectivity index (χ2n) is 6.19. The zero-order valence-electron chi connectivity index (χ0n) is 14.8. The van der Waals surface area contributed by atoms with E-state index in [2.05, 4.69) is 23.8 Å². The van der Waals surface area contributed by atoms with Gasteiger partial charge in [-0.25, -0.2) is 9.78 Å². The predicted octanol–water partition coefficient (Wildman–Crippen LogP) is -0.783. The predicted molar refractivity (Wildman–Crippen MR) is 91.3 cm³/mol. The molecular weight excluding hydrogens is 310 g/mol. The lowest BCUT2D eigenvalue weighted by molar-refractivity contribution is -0.913. The van der Waals surface area contributed by atoms with Crippen molar-refractivity contribution in [3.05, 3.63) is 26.7 Å². The number of carbonyl (C=O) groups is 1. The van der Waals surface area contributed by atoms with Crippen molar-refractivity contribution in [1.29, 1.82) is 0 Å². The summed E-state index contributed by atoms with van der Waals surface area (Å²) in [5.74, 6) is 0.607. The number of unbranched alkanes of at least 4 members (excludes halogenated alkanes) is 1. The molecule has 0 aliphatic carbocycles. The lowest BCUT2D eigenvalue weighted by Crippen LogP contribution is -3.10. The second-order valence-corrected chi connectivity index (χ2v) is 6.19. The van der Waals surface area contributed by atoms with Crippen molar-refractivity contribution in [2.24, 2.45) is 7.05 Å². The summed E-state index contributed by atoms with van der Waals surface area (Å²) < 4.78 is 2.96. The number of imidazole rings is 1. The molecule has 0 fully saturated rings. The van der Waals surface area contributed by atoms with E-state index >= 15 is 0 Å².